The number of hydrogen-bond acceptors (Lipinski definition) is 2. The molecule has 2 aliphatic rings. The molecule has 0 amide bonds. The Balaban J connectivity index is 1.71. The lowest BCUT2D eigenvalue weighted by Gasteiger charge is -2.24. The summed E-state index contributed by atoms with van der Waals surface area (Å²) in [5.41, 5.74) is 2.05. The van der Waals surface area contributed by atoms with Crippen molar-refractivity contribution in [1.29, 1.82) is 0 Å². The molecule has 18 heavy (non-hydrogen) atoms. The standard InChI is InChI=1S/C15H18ClNO/c16-13-2-1-11-8-12(15(18)14(11)9-13)7-10-3-5-17-6-4-10/h1-2,9-10,12,17H,3-8H2. The van der Waals surface area contributed by atoms with E-state index >= 15 is 0 Å². The van der Waals surface area contributed by atoms with E-state index in [0.29, 0.717) is 16.7 Å². The molecule has 1 saturated heterocycles. The molecule has 0 aromatic heterocycles. The Labute approximate surface area is 113 Å². The molecule has 1 aliphatic heterocycles. The van der Waals surface area contributed by atoms with Gasteiger partial charge in [0, 0.05) is 16.5 Å². The minimum absolute atomic E-state index is 0.196. The van der Waals surface area contributed by atoms with Crippen molar-refractivity contribution in [2.75, 3.05) is 13.1 Å². The van der Waals surface area contributed by atoms with Crippen LogP contribution in [0.1, 0.15) is 35.2 Å². The van der Waals surface area contributed by atoms with Crippen molar-refractivity contribution in [3.63, 3.8) is 0 Å². The number of hydrogen-bond donors (Lipinski definition) is 1. The highest BCUT2D eigenvalue weighted by molar-refractivity contribution is 6.31. The first-order valence-corrected chi connectivity index (χ1v) is 7.15. The quantitative estimate of drug-likeness (QED) is 0.889. The van der Waals surface area contributed by atoms with Gasteiger partial charge in [-0.05, 0) is 62.4 Å². The monoisotopic (exact) mass is 263 g/mol. The van der Waals surface area contributed by atoms with E-state index in [1.165, 1.54) is 18.4 Å². The lowest BCUT2D eigenvalue weighted by Crippen LogP contribution is -2.29. The lowest BCUT2D eigenvalue weighted by molar-refractivity contribution is 0.0913. The molecule has 1 heterocycles. The van der Waals surface area contributed by atoms with Crippen LogP contribution in [0.3, 0.4) is 0 Å². The van der Waals surface area contributed by atoms with E-state index in [-0.39, 0.29) is 5.92 Å². The van der Waals surface area contributed by atoms with Crippen LogP contribution in [0.15, 0.2) is 18.2 Å². The van der Waals surface area contributed by atoms with Crippen molar-refractivity contribution in [1.82, 2.24) is 5.32 Å². The average Bonchev–Trinajstić information content (AvgIpc) is 2.68. The van der Waals surface area contributed by atoms with Gasteiger partial charge in [-0.3, -0.25) is 4.79 Å². The van der Waals surface area contributed by atoms with Crippen molar-refractivity contribution in [2.45, 2.75) is 25.7 Å². The summed E-state index contributed by atoms with van der Waals surface area (Å²) in [5.74, 6) is 1.22. The van der Waals surface area contributed by atoms with Crippen LogP contribution in [-0.4, -0.2) is 18.9 Å². The van der Waals surface area contributed by atoms with Gasteiger partial charge in [0.15, 0.2) is 5.78 Å². The van der Waals surface area contributed by atoms with Crippen LogP contribution >= 0.6 is 11.6 Å². The Morgan fingerprint density at radius 2 is 2.06 bits per heavy atom. The molecule has 0 saturated carbocycles. The average molecular weight is 264 g/mol. The van der Waals surface area contributed by atoms with Crippen molar-refractivity contribution >= 4 is 17.4 Å². The molecule has 96 valence electrons. The summed E-state index contributed by atoms with van der Waals surface area (Å²) in [6, 6.07) is 5.74. The van der Waals surface area contributed by atoms with E-state index in [2.05, 4.69) is 5.32 Å². The van der Waals surface area contributed by atoms with Gasteiger partial charge in [0.25, 0.3) is 0 Å². The molecule has 0 spiro atoms. The van der Waals surface area contributed by atoms with Crippen molar-refractivity contribution in [3.8, 4) is 0 Å². The molecule has 1 aromatic rings. The van der Waals surface area contributed by atoms with E-state index in [4.69, 9.17) is 11.6 Å². The zero-order valence-corrected chi connectivity index (χ0v) is 11.2. The molecule has 0 radical (unpaired) electrons. The minimum Gasteiger partial charge on any atom is -0.317 e. The van der Waals surface area contributed by atoms with E-state index in [1.807, 2.05) is 18.2 Å². The first kappa shape index (κ1) is 12.2. The van der Waals surface area contributed by atoms with Gasteiger partial charge in [-0.25, -0.2) is 0 Å². The van der Waals surface area contributed by atoms with Crippen LogP contribution in [-0.2, 0) is 6.42 Å². The number of carbonyl (C=O) groups is 1. The van der Waals surface area contributed by atoms with Crippen LogP contribution < -0.4 is 5.32 Å². The highest BCUT2D eigenvalue weighted by atomic mass is 35.5. The van der Waals surface area contributed by atoms with Gasteiger partial charge >= 0.3 is 0 Å². The number of piperidine rings is 1. The highest BCUT2D eigenvalue weighted by Gasteiger charge is 2.32. The number of benzene rings is 1. The number of fused-ring (bicyclic) bond motifs is 1. The molecule has 1 fully saturated rings. The summed E-state index contributed by atoms with van der Waals surface area (Å²) in [6.45, 7) is 2.20. The van der Waals surface area contributed by atoms with Crippen LogP contribution in [0.25, 0.3) is 0 Å². The molecule has 1 aliphatic carbocycles. The topological polar surface area (TPSA) is 29.1 Å². The fraction of sp³-hybridized carbons (Fsp3) is 0.533. The van der Waals surface area contributed by atoms with E-state index < -0.39 is 0 Å². The van der Waals surface area contributed by atoms with Crippen LogP contribution in [0, 0.1) is 11.8 Å². The fourth-order valence-corrected chi connectivity index (χ4v) is 3.42. The van der Waals surface area contributed by atoms with Gasteiger partial charge in [-0.2, -0.15) is 0 Å². The maximum atomic E-state index is 12.3. The van der Waals surface area contributed by atoms with Gasteiger partial charge in [-0.15, -0.1) is 0 Å². The zero-order valence-electron chi connectivity index (χ0n) is 10.4. The van der Waals surface area contributed by atoms with Crippen LogP contribution in [0.2, 0.25) is 5.02 Å². The maximum Gasteiger partial charge on any atom is 0.166 e. The second-order valence-electron chi connectivity index (χ2n) is 5.50. The molecule has 2 nitrogen and oxygen atoms in total. The number of nitrogens with one attached hydrogen (secondary N) is 1. The fourth-order valence-electron chi connectivity index (χ4n) is 3.24. The summed E-state index contributed by atoms with van der Waals surface area (Å²) < 4.78 is 0. The molecule has 1 N–H and O–H groups in total. The van der Waals surface area contributed by atoms with Crippen LogP contribution in [0.4, 0.5) is 0 Å². The normalized spacial score (nSPS) is 24.3. The number of carbonyl (C=O) groups excluding carboxylic acids is 1. The molecular weight excluding hydrogens is 246 g/mol. The van der Waals surface area contributed by atoms with Crippen molar-refractivity contribution in [2.24, 2.45) is 11.8 Å². The number of ketones is 1. The van der Waals surface area contributed by atoms with Gasteiger partial charge in [0.1, 0.15) is 0 Å². The van der Waals surface area contributed by atoms with Gasteiger partial charge in [-0.1, -0.05) is 17.7 Å². The molecule has 0 bridgehead atoms. The second kappa shape index (κ2) is 5.02. The lowest BCUT2D eigenvalue weighted by atomic mass is 9.86. The summed E-state index contributed by atoms with van der Waals surface area (Å²) in [7, 11) is 0. The Hall–Kier alpha value is -0.860. The second-order valence-corrected chi connectivity index (χ2v) is 5.93. The largest absolute Gasteiger partial charge is 0.317 e. The van der Waals surface area contributed by atoms with E-state index in [9.17, 15) is 4.79 Å². The van der Waals surface area contributed by atoms with Gasteiger partial charge in [0.05, 0.1) is 0 Å². The summed E-state index contributed by atoms with van der Waals surface area (Å²) >= 11 is 5.97. The Morgan fingerprint density at radius 1 is 1.28 bits per heavy atom. The molecule has 1 unspecified atom stereocenters. The van der Waals surface area contributed by atoms with Gasteiger partial charge < -0.3 is 5.32 Å². The minimum atomic E-state index is 0.196. The van der Waals surface area contributed by atoms with Gasteiger partial charge in [0.2, 0.25) is 0 Å². The predicted octanol–water partition coefficient (Wildman–Crippen LogP) is 3.08. The van der Waals surface area contributed by atoms with Crippen LogP contribution in [0.5, 0.6) is 0 Å². The molecule has 3 heteroatoms. The smallest absolute Gasteiger partial charge is 0.166 e. The Morgan fingerprint density at radius 3 is 2.83 bits per heavy atom. The third-order valence-corrected chi connectivity index (χ3v) is 4.49. The predicted molar refractivity (Wildman–Crippen MR) is 73.2 cm³/mol. The molecule has 1 atom stereocenters. The molecule has 1 aromatic carbocycles. The first-order valence-electron chi connectivity index (χ1n) is 6.77. The first-order chi connectivity index (χ1) is 8.74. The summed E-state index contributed by atoms with van der Waals surface area (Å²) in [5, 5.41) is 4.04. The Bertz CT molecular complexity index is 466. The molecule has 3 rings (SSSR count). The molecular formula is C15H18ClNO. The maximum absolute atomic E-state index is 12.3. The van der Waals surface area contributed by atoms with E-state index in [1.54, 1.807) is 0 Å². The number of Topliss-reactive ketones (excluding diaryl/α,β-unsaturated/α-hetero) is 1. The van der Waals surface area contributed by atoms with Crippen molar-refractivity contribution in [3.05, 3.63) is 34.3 Å². The third kappa shape index (κ3) is 2.32. The third-order valence-electron chi connectivity index (χ3n) is 4.25. The summed E-state index contributed by atoms with van der Waals surface area (Å²) in [6.07, 6.45) is 4.38. The highest BCUT2D eigenvalue weighted by Crippen LogP contribution is 2.34. The van der Waals surface area contributed by atoms with Crippen molar-refractivity contribution < 1.29 is 4.79 Å². The summed E-state index contributed by atoms with van der Waals surface area (Å²) in [4.78, 5) is 12.3. The number of rotatable bonds is 2. The zero-order chi connectivity index (χ0) is 12.5. The number of halogens is 1. The Kier molecular flexibility index (Phi) is 3.40. The van der Waals surface area contributed by atoms with E-state index in [0.717, 1.165) is 31.5 Å². The SMILES string of the molecule is O=C1c2cc(Cl)ccc2CC1CC1CCNCC1.